The van der Waals surface area contributed by atoms with Gasteiger partial charge in [-0.1, -0.05) is 6.92 Å². The Kier molecular flexibility index (Phi) is 3.20. The lowest BCUT2D eigenvalue weighted by molar-refractivity contribution is 0.353. The fourth-order valence-electron chi connectivity index (χ4n) is 3.30. The summed E-state index contributed by atoms with van der Waals surface area (Å²) in [5, 5.41) is 3.69. The first-order chi connectivity index (χ1) is 8.76. The van der Waals surface area contributed by atoms with E-state index in [-0.39, 0.29) is 0 Å². The number of fused-ring (bicyclic) bond motifs is 2. The molecule has 2 bridgehead atoms. The largest absolute Gasteiger partial charge is 0.356 e. The number of rotatable bonds is 3. The Morgan fingerprint density at radius 1 is 1.28 bits per heavy atom. The van der Waals surface area contributed by atoms with Crippen molar-refractivity contribution < 1.29 is 0 Å². The van der Waals surface area contributed by atoms with Crippen LogP contribution < -0.4 is 10.2 Å². The topological polar surface area (TPSA) is 41.0 Å². The lowest BCUT2D eigenvalue weighted by atomic mass is 9.98. The highest BCUT2D eigenvalue weighted by Crippen LogP contribution is 2.30. The smallest absolute Gasteiger partial charge is 0.132 e. The first-order valence-corrected chi connectivity index (χ1v) is 7.06. The average Bonchev–Trinajstić information content (AvgIpc) is 2.76. The molecule has 0 aromatic carbocycles. The van der Waals surface area contributed by atoms with Crippen molar-refractivity contribution in [1.82, 2.24) is 15.3 Å². The van der Waals surface area contributed by atoms with Crippen molar-refractivity contribution in [2.45, 2.75) is 57.2 Å². The van der Waals surface area contributed by atoms with Crippen LogP contribution in [0.3, 0.4) is 0 Å². The predicted molar refractivity (Wildman–Crippen MR) is 72.8 cm³/mol. The Morgan fingerprint density at radius 2 is 2.00 bits per heavy atom. The summed E-state index contributed by atoms with van der Waals surface area (Å²) in [5.74, 6) is 1.08. The van der Waals surface area contributed by atoms with Crippen LogP contribution in [0.2, 0.25) is 0 Å². The van der Waals surface area contributed by atoms with Crippen molar-refractivity contribution in [1.29, 1.82) is 0 Å². The van der Waals surface area contributed by atoms with Gasteiger partial charge in [-0.05, 0) is 32.1 Å². The van der Waals surface area contributed by atoms with Gasteiger partial charge in [0.15, 0.2) is 0 Å². The van der Waals surface area contributed by atoms with Gasteiger partial charge in [-0.25, -0.2) is 9.97 Å². The molecule has 4 nitrogen and oxygen atoms in total. The Labute approximate surface area is 109 Å². The molecule has 2 fully saturated rings. The number of hydrogen-bond acceptors (Lipinski definition) is 4. The van der Waals surface area contributed by atoms with E-state index in [2.05, 4.69) is 40.2 Å². The number of nitrogens with one attached hydrogen (secondary N) is 1. The van der Waals surface area contributed by atoms with Gasteiger partial charge < -0.3 is 10.2 Å². The number of aryl methyl sites for hydroxylation is 1. The van der Waals surface area contributed by atoms with Crippen LogP contribution in [0.5, 0.6) is 0 Å². The quantitative estimate of drug-likeness (QED) is 0.882. The number of piperidine rings is 1. The summed E-state index contributed by atoms with van der Waals surface area (Å²) >= 11 is 0. The molecule has 2 unspecified atom stereocenters. The lowest BCUT2D eigenvalue weighted by Gasteiger charge is -2.36. The van der Waals surface area contributed by atoms with E-state index in [1.54, 1.807) is 6.33 Å². The highest BCUT2D eigenvalue weighted by molar-refractivity contribution is 5.39. The molecule has 0 saturated carbocycles. The number of hydrogen-bond donors (Lipinski definition) is 1. The van der Waals surface area contributed by atoms with Gasteiger partial charge in [0.2, 0.25) is 0 Å². The van der Waals surface area contributed by atoms with Gasteiger partial charge in [0.05, 0.1) is 0 Å². The molecule has 2 aliphatic rings. The van der Waals surface area contributed by atoms with Gasteiger partial charge in [0, 0.05) is 36.9 Å². The molecule has 0 radical (unpaired) electrons. The molecule has 1 aromatic rings. The molecule has 2 aliphatic heterocycles. The third-order valence-corrected chi connectivity index (χ3v) is 4.43. The van der Waals surface area contributed by atoms with Gasteiger partial charge in [-0.3, -0.25) is 0 Å². The van der Waals surface area contributed by atoms with Crippen LogP contribution in [0.4, 0.5) is 5.82 Å². The number of nitrogens with zero attached hydrogens (tertiary/aromatic N) is 3. The molecule has 3 heterocycles. The van der Waals surface area contributed by atoms with Crippen LogP contribution in [0, 0.1) is 0 Å². The van der Waals surface area contributed by atoms with Crippen molar-refractivity contribution >= 4 is 5.82 Å². The average molecular weight is 246 g/mol. The molecule has 4 heteroatoms. The highest BCUT2D eigenvalue weighted by atomic mass is 15.2. The second-order valence-corrected chi connectivity index (χ2v) is 5.60. The maximum absolute atomic E-state index is 4.43. The monoisotopic (exact) mass is 246 g/mol. The van der Waals surface area contributed by atoms with E-state index in [0.29, 0.717) is 6.04 Å². The third-order valence-electron chi connectivity index (χ3n) is 4.43. The standard InChI is InChI=1S/C14H22N4/c1-3-10-8-14(16-9-15-10)18(2)13-6-11-4-5-12(7-13)17-11/h8-9,11-13,17H,3-7H2,1-2H3. The Morgan fingerprint density at radius 3 is 2.67 bits per heavy atom. The Bertz CT molecular complexity index is 408. The first-order valence-electron chi connectivity index (χ1n) is 7.06. The predicted octanol–water partition coefficient (Wildman–Crippen LogP) is 1.76. The summed E-state index contributed by atoms with van der Waals surface area (Å²) in [7, 11) is 2.18. The van der Waals surface area contributed by atoms with Gasteiger partial charge >= 0.3 is 0 Å². The van der Waals surface area contributed by atoms with E-state index in [0.717, 1.165) is 30.0 Å². The summed E-state index contributed by atoms with van der Waals surface area (Å²) in [6, 6.07) is 4.21. The molecular formula is C14H22N4. The van der Waals surface area contributed by atoms with Crippen LogP contribution >= 0.6 is 0 Å². The highest BCUT2D eigenvalue weighted by Gasteiger charge is 2.35. The van der Waals surface area contributed by atoms with Crippen molar-refractivity contribution in [2.24, 2.45) is 0 Å². The lowest BCUT2D eigenvalue weighted by Crippen LogP contribution is -2.47. The summed E-state index contributed by atoms with van der Waals surface area (Å²) in [6.07, 6.45) is 7.86. The molecule has 2 saturated heterocycles. The second-order valence-electron chi connectivity index (χ2n) is 5.60. The second kappa shape index (κ2) is 4.84. The van der Waals surface area contributed by atoms with Gasteiger partial charge in [0.1, 0.15) is 12.1 Å². The number of anilines is 1. The van der Waals surface area contributed by atoms with E-state index in [9.17, 15) is 0 Å². The van der Waals surface area contributed by atoms with Crippen molar-refractivity contribution in [3.05, 3.63) is 18.1 Å². The molecule has 0 aliphatic carbocycles. The zero-order valence-corrected chi connectivity index (χ0v) is 11.3. The molecule has 1 aromatic heterocycles. The maximum Gasteiger partial charge on any atom is 0.132 e. The zero-order chi connectivity index (χ0) is 12.5. The minimum absolute atomic E-state index is 0.628. The van der Waals surface area contributed by atoms with E-state index < -0.39 is 0 Å². The van der Waals surface area contributed by atoms with Crippen molar-refractivity contribution in [3.8, 4) is 0 Å². The minimum Gasteiger partial charge on any atom is -0.356 e. The molecule has 0 amide bonds. The van der Waals surface area contributed by atoms with Crippen molar-refractivity contribution in [3.63, 3.8) is 0 Å². The van der Waals surface area contributed by atoms with Crippen LogP contribution in [-0.2, 0) is 6.42 Å². The molecule has 18 heavy (non-hydrogen) atoms. The SMILES string of the molecule is CCc1cc(N(C)C2CC3CCC(C2)N3)ncn1. The summed E-state index contributed by atoms with van der Waals surface area (Å²) < 4.78 is 0. The summed E-state index contributed by atoms with van der Waals surface area (Å²) in [5.41, 5.74) is 1.13. The normalized spacial score (nSPS) is 30.4. The summed E-state index contributed by atoms with van der Waals surface area (Å²) in [6.45, 7) is 2.14. The molecular weight excluding hydrogens is 224 g/mol. The van der Waals surface area contributed by atoms with Gasteiger partial charge in [0.25, 0.3) is 0 Å². The molecule has 98 valence electrons. The van der Waals surface area contributed by atoms with Gasteiger partial charge in [-0.2, -0.15) is 0 Å². The zero-order valence-electron chi connectivity index (χ0n) is 11.3. The third kappa shape index (κ3) is 2.21. The van der Waals surface area contributed by atoms with Crippen LogP contribution in [-0.4, -0.2) is 35.1 Å². The van der Waals surface area contributed by atoms with Crippen LogP contribution in [0.15, 0.2) is 12.4 Å². The molecule has 2 atom stereocenters. The first kappa shape index (κ1) is 11.9. The van der Waals surface area contributed by atoms with Crippen LogP contribution in [0.1, 0.15) is 38.3 Å². The fourth-order valence-corrected chi connectivity index (χ4v) is 3.30. The molecule has 1 N–H and O–H groups in total. The van der Waals surface area contributed by atoms with Crippen molar-refractivity contribution in [2.75, 3.05) is 11.9 Å². The maximum atomic E-state index is 4.43. The van der Waals surface area contributed by atoms with E-state index in [1.807, 2.05) is 0 Å². The Hall–Kier alpha value is -1.16. The van der Waals surface area contributed by atoms with Gasteiger partial charge in [-0.15, -0.1) is 0 Å². The Balaban J connectivity index is 1.75. The molecule has 3 rings (SSSR count). The van der Waals surface area contributed by atoms with E-state index >= 15 is 0 Å². The van der Waals surface area contributed by atoms with Crippen LogP contribution in [0.25, 0.3) is 0 Å². The molecule has 0 spiro atoms. The summed E-state index contributed by atoms with van der Waals surface area (Å²) in [4.78, 5) is 11.1. The fraction of sp³-hybridized carbons (Fsp3) is 0.714. The number of aromatic nitrogens is 2. The van der Waals surface area contributed by atoms with E-state index in [4.69, 9.17) is 0 Å². The minimum atomic E-state index is 0.628. The van der Waals surface area contributed by atoms with E-state index in [1.165, 1.54) is 25.7 Å².